The highest BCUT2D eigenvalue weighted by Gasteiger charge is 2.50. The number of hydrogen-bond donors (Lipinski definition) is 16. The average Bonchev–Trinajstić information content (AvgIpc) is 1.50. The largest absolute Gasteiger partial charge is 0.491 e. The molecule has 1 aromatic carbocycles. The normalized spacial score (nSPS) is 26.7. The lowest BCUT2D eigenvalue weighted by Gasteiger charge is -2.41. The Balaban J connectivity index is 0.858. The van der Waals surface area contributed by atoms with Crippen molar-refractivity contribution < 1.29 is 140 Å². The van der Waals surface area contributed by atoms with E-state index in [1.54, 1.807) is 6.07 Å². The first-order chi connectivity index (χ1) is 45.9. The number of ether oxygens (including phenoxy) is 8. The Morgan fingerprint density at radius 1 is 0.698 bits per heavy atom. The van der Waals surface area contributed by atoms with Crippen molar-refractivity contribution in [3.63, 3.8) is 0 Å². The van der Waals surface area contributed by atoms with Crippen molar-refractivity contribution in [2.45, 2.75) is 141 Å². The van der Waals surface area contributed by atoms with Gasteiger partial charge in [0.15, 0.2) is 23.9 Å². The molecular formula is C55H84N8O29S4. The minimum atomic E-state index is -4.99. The molecule has 9 amide bonds. The van der Waals surface area contributed by atoms with E-state index in [2.05, 4.69) is 42.1 Å². The third kappa shape index (κ3) is 25.1. The number of carbonyl (C=O) groups is 9. The summed E-state index contributed by atoms with van der Waals surface area (Å²) in [5, 5.41) is 97.6. The fraction of sp³-hybridized carbons (Fsp3) is 0.727. The highest BCUT2D eigenvalue weighted by atomic mass is 33.1. The number of hydroxylamine groups is 2. The van der Waals surface area contributed by atoms with Crippen molar-refractivity contribution in [1.29, 1.82) is 0 Å². The number of unbranched alkanes of at least 4 members (excludes halogenated alkanes) is 1. The molecule has 41 heteroatoms. The van der Waals surface area contributed by atoms with Crippen LogP contribution in [0.5, 0.6) is 5.75 Å². The van der Waals surface area contributed by atoms with Gasteiger partial charge in [-0.1, -0.05) is 34.1 Å². The van der Waals surface area contributed by atoms with E-state index in [0.717, 1.165) is 18.6 Å². The van der Waals surface area contributed by atoms with E-state index < -0.39 is 176 Å². The lowest BCUT2D eigenvalue weighted by molar-refractivity contribution is -0.299. The van der Waals surface area contributed by atoms with Crippen LogP contribution >= 0.6 is 33.3 Å². The number of imide groups is 1. The first kappa shape index (κ1) is 79.6. The third-order valence-corrected chi connectivity index (χ3v) is 20.0. The molecule has 96 heavy (non-hydrogen) atoms. The van der Waals surface area contributed by atoms with Crippen LogP contribution in [0.25, 0.3) is 0 Å². The van der Waals surface area contributed by atoms with Crippen LogP contribution in [0.3, 0.4) is 0 Å². The molecular weight excluding hydrogens is 1360 g/mol. The van der Waals surface area contributed by atoms with Gasteiger partial charge in [0.2, 0.25) is 11.8 Å². The van der Waals surface area contributed by atoms with Gasteiger partial charge in [-0.05, 0) is 31.0 Å². The summed E-state index contributed by atoms with van der Waals surface area (Å²) in [5.74, 6) is -5.60. The van der Waals surface area contributed by atoms with Crippen LogP contribution in [0.15, 0.2) is 24.3 Å². The molecule has 0 saturated carbocycles. The Morgan fingerprint density at radius 2 is 1.30 bits per heavy atom. The Morgan fingerprint density at radius 3 is 1.92 bits per heavy atom. The number of aliphatic hydroxyl groups is 8. The zero-order chi connectivity index (χ0) is 69.9. The van der Waals surface area contributed by atoms with Gasteiger partial charge in [-0.15, -0.1) is 5.06 Å². The summed E-state index contributed by atoms with van der Waals surface area (Å²) in [6.45, 7) is -2.28. The van der Waals surface area contributed by atoms with Gasteiger partial charge in [0, 0.05) is 60.5 Å². The molecule has 5 fully saturated rings. The predicted molar refractivity (Wildman–Crippen MR) is 332 cm³/mol. The average molecular weight is 1450 g/mol. The van der Waals surface area contributed by atoms with Crippen LogP contribution in [0.2, 0.25) is 0 Å². The molecule has 5 saturated heterocycles. The van der Waals surface area contributed by atoms with Gasteiger partial charge in [-0.25, -0.2) is 9.59 Å². The number of aliphatic hydroxyl groups excluding tert-OH is 8. The van der Waals surface area contributed by atoms with Crippen LogP contribution in [-0.4, -0.2) is 318 Å². The molecule has 1 aromatic rings. The molecule has 0 radical (unpaired) electrons. The number of carbonyl (C=O) groups excluding carboxylic acids is 9. The zero-order valence-corrected chi connectivity index (χ0v) is 55.1. The number of nitrogens with one attached hydrogen (secondary N) is 7. The van der Waals surface area contributed by atoms with Crippen molar-refractivity contribution in [1.82, 2.24) is 42.3 Å². The third-order valence-electron chi connectivity index (χ3n) is 15.0. The van der Waals surface area contributed by atoms with E-state index in [0.29, 0.717) is 30.4 Å². The Labute approximate surface area is 562 Å². The second kappa shape index (κ2) is 40.6. The molecule has 0 bridgehead atoms. The first-order valence-electron chi connectivity index (χ1n) is 30.6. The molecule has 37 nitrogen and oxygen atoms in total. The Bertz CT molecular complexity index is 2800. The van der Waals surface area contributed by atoms with Crippen LogP contribution in [0.4, 0.5) is 4.79 Å². The van der Waals surface area contributed by atoms with Gasteiger partial charge in [0.25, 0.3) is 39.7 Å². The van der Waals surface area contributed by atoms with Crippen molar-refractivity contribution in [3.05, 3.63) is 29.8 Å². The van der Waals surface area contributed by atoms with Crippen molar-refractivity contribution in [3.8, 4) is 5.75 Å². The van der Waals surface area contributed by atoms with Crippen molar-refractivity contribution in [2.24, 2.45) is 0 Å². The van der Waals surface area contributed by atoms with Crippen LogP contribution < -0.4 is 42.0 Å². The highest BCUT2D eigenvalue weighted by molar-refractivity contribution is 8.76. The van der Waals surface area contributed by atoms with E-state index >= 15 is 0 Å². The summed E-state index contributed by atoms with van der Waals surface area (Å²) in [4.78, 5) is 119. The SMILES string of the molecule is O=C(CCCCC1SCC2NC(=O)NC21)NCCSSCCC(=O)NC(C(=O)NCCOCCOCCOCCOc1cccc(C(=O)NC(CO[C@H]2[C@H](O)[C@H](O)[C@@H](O)O[C@@H]2CO)CO[C@H]2[C@H](O)[C@H](O)[C@@H](O)O[C@@H]2CO)c1)C(=O)NCCC(=O)ON1C(=O)CC(S(=O)(=O)O)C1=O. The quantitative estimate of drug-likeness (QED) is 0.00721. The Kier molecular flexibility index (Phi) is 33.7. The molecule has 5 aliphatic heterocycles. The molecule has 0 aliphatic carbocycles. The predicted octanol–water partition coefficient (Wildman–Crippen LogP) is -6.96. The van der Waals surface area contributed by atoms with Gasteiger partial charge in [-0.3, -0.25) is 38.1 Å². The van der Waals surface area contributed by atoms with Crippen molar-refractivity contribution in [2.75, 3.05) is 110 Å². The van der Waals surface area contributed by atoms with E-state index in [9.17, 15) is 97.0 Å². The van der Waals surface area contributed by atoms with Crippen LogP contribution in [-0.2, 0) is 81.7 Å². The maximum absolute atomic E-state index is 13.6. The van der Waals surface area contributed by atoms with Gasteiger partial charge in [0.1, 0.15) is 61.2 Å². The lowest BCUT2D eigenvalue weighted by atomic mass is 9.99. The summed E-state index contributed by atoms with van der Waals surface area (Å²) < 4.78 is 76.3. The fourth-order valence-electron chi connectivity index (χ4n) is 10.0. The monoisotopic (exact) mass is 1450 g/mol. The molecule has 16 N–H and O–H groups in total. The molecule has 5 heterocycles. The topological polar surface area (TPSA) is 540 Å². The molecule has 0 spiro atoms. The fourth-order valence-corrected chi connectivity index (χ4v) is 14.2. The second-order valence-corrected chi connectivity index (χ2v) is 27.7. The molecule has 0 aromatic heterocycles. The number of nitrogens with zero attached hydrogens (tertiary/aromatic N) is 1. The number of thioether (sulfide) groups is 1. The summed E-state index contributed by atoms with van der Waals surface area (Å²) >= 11 is 1.81. The number of rotatable bonds is 43. The van der Waals surface area contributed by atoms with Crippen molar-refractivity contribution >= 4 is 96.8 Å². The minimum absolute atomic E-state index is 0.0331. The van der Waals surface area contributed by atoms with Crippen LogP contribution in [0, 0.1) is 0 Å². The summed E-state index contributed by atoms with van der Waals surface area (Å²) in [5.41, 5.74) is 0.0823. The second-order valence-electron chi connectivity index (χ2n) is 22.1. The number of urea groups is 1. The van der Waals surface area contributed by atoms with E-state index in [-0.39, 0.29) is 105 Å². The maximum Gasteiger partial charge on any atom is 0.334 e. The van der Waals surface area contributed by atoms with Gasteiger partial charge >= 0.3 is 12.0 Å². The first-order valence-corrected chi connectivity index (χ1v) is 35.6. The number of benzene rings is 1. The van der Waals surface area contributed by atoms with E-state index in [1.165, 1.54) is 39.8 Å². The molecule has 6 rings (SSSR count). The van der Waals surface area contributed by atoms with Gasteiger partial charge in [-0.2, -0.15) is 20.2 Å². The van der Waals surface area contributed by atoms with E-state index in [1.807, 2.05) is 11.8 Å². The number of hydrogen-bond acceptors (Lipinski definition) is 31. The molecule has 5 aliphatic rings. The van der Waals surface area contributed by atoms with Gasteiger partial charge in [0.05, 0.1) is 97.0 Å². The zero-order valence-electron chi connectivity index (χ0n) is 51.8. The summed E-state index contributed by atoms with van der Waals surface area (Å²) in [6.07, 6.45) is -15.2. The summed E-state index contributed by atoms with van der Waals surface area (Å²) in [6, 6.07) is 3.09. The summed E-state index contributed by atoms with van der Waals surface area (Å²) in [7, 11) is -2.28. The molecule has 15 atom stereocenters. The molecule has 5 unspecified atom stereocenters. The highest BCUT2D eigenvalue weighted by Crippen LogP contribution is 2.33. The standard InChI is InChI=1S/C55H84N8O29S4/c64-24-33-47(43(70)45(72)53(78)90-33)88-26-30(27-89-48-34(25-65)91-54(79)46(73)44(48)71)59-49(74)29-4-3-5-31(22-29)87-19-18-86-17-16-85-15-14-84-13-11-58-51(76)42(50(75)57-10-8-40(69)92-63-39(68)23-36(52(63)77)96(81,82)83)61-38(67)9-20-94-95-21-12-56-37(66)7-2-1-6-35-41-32(28-93-35)60-55(80)62-41/h3-5,22,30,32-36,41-48,53-54,64-65,70-73,78-79H,1-2,6-21,23-28H2,(H,56,66)(H,57,75)(H,58,76)(H,59,74)(H,61,67)(H2,60,62,80)(H,81,82,83)/t32?,33-,34-,35?,36?,41?,42?,43-,44-,45+,46+,47-,48-,53+,54+/m1/s1. The molecule has 542 valence electrons. The number of amides is 9. The smallest absolute Gasteiger partial charge is 0.334 e. The lowest BCUT2D eigenvalue weighted by Crippen LogP contribution is -2.61. The maximum atomic E-state index is 13.6. The number of fused-ring (bicyclic) bond motifs is 1. The Hall–Kier alpha value is -5.39. The van der Waals surface area contributed by atoms with Crippen LogP contribution in [0.1, 0.15) is 55.3 Å². The van der Waals surface area contributed by atoms with Gasteiger partial charge < -0.3 is 121 Å². The van der Waals surface area contributed by atoms with E-state index in [4.69, 9.17) is 37.9 Å². The minimum Gasteiger partial charge on any atom is -0.491 e.